The highest BCUT2D eigenvalue weighted by Gasteiger charge is 2.37. The van der Waals surface area contributed by atoms with Gasteiger partial charge in [-0.25, -0.2) is 0 Å². The van der Waals surface area contributed by atoms with Crippen LogP contribution in [0.25, 0.3) is 0 Å². The Kier molecular flexibility index (Phi) is 6.32. The van der Waals surface area contributed by atoms with Crippen LogP contribution in [0.4, 0.5) is 0 Å². The Morgan fingerprint density at radius 2 is 1.79 bits per heavy atom. The lowest BCUT2D eigenvalue weighted by Crippen LogP contribution is -2.52. The number of hydrogen-bond donors (Lipinski definition) is 1. The first-order valence-corrected chi connectivity index (χ1v) is 8.23. The van der Waals surface area contributed by atoms with Crippen LogP contribution in [0.1, 0.15) is 80.1 Å². The Bertz CT molecular complexity index is 248. The van der Waals surface area contributed by atoms with Gasteiger partial charge in [0, 0.05) is 12.1 Å². The zero-order chi connectivity index (χ0) is 14.5. The smallest absolute Gasteiger partial charge is 0.0810 e. The molecule has 0 aliphatic heterocycles. The fourth-order valence-electron chi connectivity index (χ4n) is 2.88. The molecule has 0 aromatic rings. The maximum absolute atomic E-state index is 6.45. The molecule has 2 heteroatoms. The summed E-state index contributed by atoms with van der Waals surface area (Å²) in [5.41, 5.74) is 0.252. The molecule has 0 spiro atoms. The molecule has 114 valence electrons. The molecular weight excluding hydrogens is 234 g/mol. The van der Waals surface area contributed by atoms with Crippen LogP contribution in [0.5, 0.6) is 0 Å². The summed E-state index contributed by atoms with van der Waals surface area (Å²) in [5.74, 6) is 0.920. The normalized spacial score (nSPS) is 30.3. The molecule has 1 unspecified atom stereocenters. The summed E-state index contributed by atoms with van der Waals surface area (Å²) in [6.45, 7) is 14.5. The van der Waals surface area contributed by atoms with E-state index < -0.39 is 0 Å². The molecule has 0 heterocycles. The lowest BCUT2D eigenvalue weighted by atomic mass is 9.77. The van der Waals surface area contributed by atoms with Gasteiger partial charge < -0.3 is 10.1 Å². The summed E-state index contributed by atoms with van der Waals surface area (Å²) >= 11 is 0. The van der Waals surface area contributed by atoms with Crippen LogP contribution in [-0.2, 0) is 4.74 Å². The van der Waals surface area contributed by atoms with E-state index in [4.69, 9.17) is 4.74 Å². The minimum atomic E-state index is 0.0778. The zero-order valence-corrected chi connectivity index (χ0v) is 14.0. The van der Waals surface area contributed by atoms with Gasteiger partial charge >= 0.3 is 0 Å². The van der Waals surface area contributed by atoms with Crippen LogP contribution in [-0.4, -0.2) is 23.8 Å². The monoisotopic (exact) mass is 269 g/mol. The van der Waals surface area contributed by atoms with E-state index in [2.05, 4.69) is 46.9 Å². The predicted molar refractivity (Wildman–Crippen MR) is 83.6 cm³/mol. The highest BCUT2D eigenvalue weighted by Crippen LogP contribution is 2.37. The zero-order valence-electron chi connectivity index (χ0n) is 14.0. The van der Waals surface area contributed by atoms with Gasteiger partial charge in [-0.05, 0) is 65.7 Å². The molecule has 1 rings (SSSR count). The summed E-state index contributed by atoms with van der Waals surface area (Å²) in [6, 6.07) is 0. The first-order chi connectivity index (χ1) is 8.80. The van der Waals surface area contributed by atoms with Gasteiger partial charge in [-0.3, -0.25) is 0 Å². The van der Waals surface area contributed by atoms with Gasteiger partial charge in [0.15, 0.2) is 0 Å². The largest absolute Gasteiger partial charge is 0.371 e. The lowest BCUT2D eigenvalue weighted by molar-refractivity contribution is -0.115. The van der Waals surface area contributed by atoms with Crippen LogP contribution in [0.2, 0.25) is 0 Å². The molecule has 1 atom stereocenters. The molecular formula is C17H35NO. The number of rotatable bonds is 6. The van der Waals surface area contributed by atoms with Crippen LogP contribution in [0, 0.1) is 5.92 Å². The van der Waals surface area contributed by atoms with Gasteiger partial charge in [0.05, 0.1) is 11.7 Å². The van der Waals surface area contributed by atoms with Crippen molar-refractivity contribution in [3.05, 3.63) is 0 Å². The van der Waals surface area contributed by atoms with Gasteiger partial charge in [-0.1, -0.05) is 20.3 Å². The second-order valence-electron chi connectivity index (χ2n) is 7.47. The minimum Gasteiger partial charge on any atom is -0.371 e. The van der Waals surface area contributed by atoms with Crippen molar-refractivity contribution in [1.29, 1.82) is 0 Å². The molecule has 0 bridgehead atoms. The van der Waals surface area contributed by atoms with E-state index in [1.807, 2.05) is 0 Å². The van der Waals surface area contributed by atoms with E-state index >= 15 is 0 Å². The third kappa shape index (κ3) is 5.83. The van der Waals surface area contributed by atoms with E-state index in [1.165, 1.54) is 32.1 Å². The maximum atomic E-state index is 6.45. The van der Waals surface area contributed by atoms with E-state index in [0.717, 1.165) is 18.9 Å². The molecule has 0 aromatic carbocycles. The van der Waals surface area contributed by atoms with Crippen molar-refractivity contribution < 1.29 is 4.74 Å². The molecule has 0 saturated heterocycles. The fourth-order valence-corrected chi connectivity index (χ4v) is 2.88. The number of hydrogen-bond acceptors (Lipinski definition) is 2. The molecule has 2 nitrogen and oxygen atoms in total. The van der Waals surface area contributed by atoms with E-state index in [-0.39, 0.29) is 11.1 Å². The molecule has 1 aliphatic rings. The Morgan fingerprint density at radius 1 is 1.21 bits per heavy atom. The molecule has 0 radical (unpaired) electrons. The summed E-state index contributed by atoms with van der Waals surface area (Å²) in [5, 5.41) is 3.67. The molecule has 19 heavy (non-hydrogen) atoms. The topological polar surface area (TPSA) is 21.3 Å². The Labute approximate surface area is 120 Å². The number of ether oxygens (including phenoxy) is 1. The molecule has 1 aliphatic carbocycles. The van der Waals surface area contributed by atoms with E-state index in [0.29, 0.717) is 6.10 Å². The average Bonchev–Trinajstić information content (AvgIpc) is 2.36. The van der Waals surface area contributed by atoms with Crippen molar-refractivity contribution in [2.75, 3.05) is 6.54 Å². The van der Waals surface area contributed by atoms with Gasteiger partial charge in [0.25, 0.3) is 0 Å². The molecule has 0 amide bonds. The van der Waals surface area contributed by atoms with Crippen LogP contribution >= 0.6 is 0 Å². The number of nitrogens with one attached hydrogen (secondary N) is 1. The molecule has 1 fully saturated rings. The standard InChI is InChI=1S/C17H35NO/c1-7-14(3)19-17(13-18-16(4,5)6)11-9-15(8-2)10-12-17/h14-15,18H,7-13H2,1-6H3. The van der Waals surface area contributed by atoms with Crippen molar-refractivity contribution in [2.24, 2.45) is 5.92 Å². The Hall–Kier alpha value is -0.0800. The predicted octanol–water partition coefficient (Wildman–Crippen LogP) is 4.53. The molecule has 1 N–H and O–H groups in total. The van der Waals surface area contributed by atoms with E-state index in [1.54, 1.807) is 0 Å². The third-order valence-corrected chi connectivity index (χ3v) is 4.56. The summed E-state index contributed by atoms with van der Waals surface area (Å²) in [7, 11) is 0. The first-order valence-electron chi connectivity index (χ1n) is 8.23. The van der Waals surface area contributed by atoms with Gasteiger partial charge in [-0.2, -0.15) is 0 Å². The highest BCUT2D eigenvalue weighted by molar-refractivity contribution is 4.91. The van der Waals surface area contributed by atoms with Crippen molar-refractivity contribution in [3.8, 4) is 0 Å². The van der Waals surface area contributed by atoms with Gasteiger partial charge in [0.2, 0.25) is 0 Å². The average molecular weight is 269 g/mol. The SMILES string of the molecule is CCC1CCC(CNC(C)(C)C)(OC(C)CC)CC1. The van der Waals surface area contributed by atoms with Crippen LogP contribution in [0.15, 0.2) is 0 Å². The summed E-state index contributed by atoms with van der Waals surface area (Å²) in [4.78, 5) is 0. The van der Waals surface area contributed by atoms with Gasteiger partial charge in [-0.15, -0.1) is 0 Å². The third-order valence-electron chi connectivity index (χ3n) is 4.56. The minimum absolute atomic E-state index is 0.0778. The van der Waals surface area contributed by atoms with Crippen molar-refractivity contribution in [3.63, 3.8) is 0 Å². The van der Waals surface area contributed by atoms with E-state index in [9.17, 15) is 0 Å². The Balaban J connectivity index is 2.63. The summed E-state index contributed by atoms with van der Waals surface area (Å²) < 4.78 is 6.45. The quantitative estimate of drug-likeness (QED) is 0.765. The highest BCUT2D eigenvalue weighted by atomic mass is 16.5. The van der Waals surface area contributed by atoms with Crippen molar-refractivity contribution in [1.82, 2.24) is 5.32 Å². The Morgan fingerprint density at radius 3 is 2.21 bits per heavy atom. The second-order valence-corrected chi connectivity index (χ2v) is 7.47. The van der Waals surface area contributed by atoms with Crippen LogP contribution < -0.4 is 5.32 Å². The van der Waals surface area contributed by atoms with Gasteiger partial charge in [0.1, 0.15) is 0 Å². The maximum Gasteiger partial charge on any atom is 0.0810 e. The summed E-state index contributed by atoms with van der Waals surface area (Å²) in [6.07, 6.45) is 7.91. The van der Waals surface area contributed by atoms with Crippen molar-refractivity contribution in [2.45, 2.75) is 97.3 Å². The van der Waals surface area contributed by atoms with Crippen molar-refractivity contribution >= 4 is 0 Å². The fraction of sp³-hybridized carbons (Fsp3) is 1.00. The van der Waals surface area contributed by atoms with Crippen LogP contribution in [0.3, 0.4) is 0 Å². The molecule has 1 saturated carbocycles. The molecule has 0 aromatic heterocycles. The second kappa shape index (κ2) is 7.08. The lowest BCUT2D eigenvalue weighted by Gasteiger charge is -2.43. The first kappa shape index (κ1) is 17.0.